The van der Waals surface area contributed by atoms with Gasteiger partial charge in [-0.2, -0.15) is 0 Å². The number of aryl methyl sites for hydroxylation is 2. The molecule has 0 aliphatic rings. The van der Waals surface area contributed by atoms with Gasteiger partial charge in [-0.3, -0.25) is 4.79 Å². The minimum atomic E-state index is -0.629. The summed E-state index contributed by atoms with van der Waals surface area (Å²) in [6.07, 6.45) is 0.231. The molecular weight excluding hydrogens is 290 g/mol. The number of nitrogens with one attached hydrogen (secondary N) is 1. The fourth-order valence-electron chi connectivity index (χ4n) is 2.39. The van der Waals surface area contributed by atoms with Gasteiger partial charge < -0.3 is 14.8 Å². The minimum Gasteiger partial charge on any atom is -0.493 e. The van der Waals surface area contributed by atoms with Gasteiger partial charge in [0.2, 0.25) is 0 Å². The Labute approximate surface area is 137 Å². The van der Waals surface area contributed by atoms with Crippen LogP contribution in [0.15, 0.2) is 42.5 Å². The molecule has 0 heterocycles. The van der Waals surface area contributed by atoms with Crippen molar-refractivity contribution in [3.63, 3.8) is 0 Å². The van der Waals surface area contributed by atoms with E-state index in [9.17, 15) is 4.79 Å². The summed E-state index contributed by atoms with van der Waals surface area (Å²) in [7, 11) is 1.58. The van der Waals surface area contributed by atoms with Gasteiger partial charge >= 0.3 is 0 Å². The van der Waals surface area contributed by atoms with E-state index < -0.39 is 6.10 Å². The first-order valence-corrected chi connectivity index (χ1v) is 7.75. The van der Waals surface area contributed by atoms with Crippen LogP contribution in [0.1, 0.15) is 25.0 Å². The van der Waals surface area contributed by atoms with Crippen molar-refractivity contribution >= 4 is 11.6 Å². The maximum Gasteiger partial charge on any atom is 0.265 e. The second-order valence-electron chi connectivity index (χ2n) is 5.36. The highest BCUT2D eigenvalue weighted by atomic mass is 16.5. The van der Waals surface area contributed by atoms with Crippen molar-refractivity contribution in [3.8, 4) is 11.5 Å². The molecule has 0 radical (unpaired) electrons. The fourth-order valence-corrected chi connectivity index (χ4v) is 2.39. The first-order chi connectivity index (χ1) is 11.1. The highest BCUT2D eigenvalue weighted by Crippen LogP contribution is 2.27. The molecule has 122 valence electrons. The number of hydrogen-bond acceptors (Lipinski definition) is 3. The van der Waals surface area contributed by atoms with E-state index in [2.05, 4.69) is 12.2 Å². The monoisotopic (exact) mass is 313 g/mol. The Morgan fingerprint density at radius 3 is 2.48 bits per heavy atom. The molecule has 1 atom stereocenters. The topological polar surface area (TPSA) is 47.6 Å². The first kappa shape index (κ1) is 16.9. The zero-order chi connectivity index (χ0) is 16.8. The van der Waals surface area contributed by atoms with E-state index in [1.54, 1.807) is 26.2 Å². The molecule has 0 bridgehead atoms. The van der Waals surface area contributed by atoms with Gasteiger partial charge in [-0.15, -0.1) is 0 Å². The smallest absolute Gasteiger partial charge is 0.265 e. The summed E-state index contributed by atoms with van der Waals surface area (Å²) in [5, 5.41) is 2.98. The highest BCUT2D eigenvalue weighted by Gasteiger charge is 2.18. The van der Waals surface area contributed by atoms with E-state index >= 15 is 0 Å². The van der Waals surface area contributed by atoms with Crippen LogP contribution in [0.25, 0.3) is 0 Å². The van der Waals surface area contributed by atoms with Crippen molar-refractivity contribution in [1.29, 1.82) is 0 Å². The molecule has 0 saturated carbocycles. The number of carbonyl (C=O) groups is 1. The van der Waals surface area contributed by atoms with Gasteiger partial charge in [0.25, 0.3) is 5.91 Å². The lowest BCUT2D eigenvalue weighted by atomic mass is 10.1. The zero-order valence-corrected chi connectivity index (χ0v) is 14.1. The fraction of sp³-hybridized carbons (Fsp3) is 0.316. The molecule has 0 fully saturated rings. The lowest BCUT2D eigenvalue weighted by Crippen LogP contribution is -2.30. The van der Waals surface area contributed by atoms with Crippen LogP contribution in [-0.2, 0) is 11.2 Å². The van der Waals surface area contributed by atoms with E-state index in [0.717, 1.165) is 23.2 Å². The number of methoxy groups -OCH3 is 1. The average Bonchev–Trinajstić information content (AvgIpc) is 2.57. The molecule has 2 aromatic rings. The normalized spacial score (nSPS) is 11.7. The van der Waals surface area contributed by atoms with Crippen LogP contribution in [0, 0.1) is 6.92 Å². The zero-order valence-electron chi connectivity index (χ0n) is 14.1. The number of para-hydroxylation sites is 3. The van der Waals surface area contributed by atoms with Gasteiger partial charge in [0, 0.05) is 5.69 Å². The highest BCUT2D eigenvalue weighted by molar-refractivity contribution is 5.95. The Bertz CT molecular complexity index is 682. The summed E-state index contributed by atoms with van der Waals surface area (Å²) in [4.78, 5) is 12.5. The third-order valence-corrected chi connectivity index (χ3v) is 3.73. The number of anilines is 1. The van der Waals surface area contributed by atoms with E-state index in [0.29, 0.717) is 11.5 Å². The van der Waals surface area contributed by atoms with E-state index in [1.807, 2.05) is 37.3 Å². The van der Waals surface area contributed by atoms with Crippen LogP contribution >= 0.6 is 0 Å². The lowest BCUT2D eigenvalue weighted by Gasteiger charge is -2.18. The van der Waals surface area contributed by atoms with Crippen LogP contribution in [0.2, 0.25) is 0 Å². The Kier molecular flexibility index (Phi) is 5.63. The van der Waals surface area contributed by atoms with Gasteiger partial charge in [-0.05, 0) is 43.5 Å². The molecule has 1 amide bonds. The summed E-state index contributed by atoms with van der Waals surface area (Å²) in [5.41, 5.74) is 3.03. The predicted octanol–water partition coefficient (Wildman–Crippen LogP) is 3.97. The summed E-state index contributed by atoms with van der Waals surface area (Å²) in [6.45, 7) is 5.78. The molecule has 23 heavy (non-hydrogen) atoms. The predicted molar refractivity (Wildman–Crippen MR) is 92.3 cm³/mol. The summed E-state index contributed by atoms with van der Waals surface area (Å²) in [5.74, 6) is 0.982. The van der Waals surface area contributed by atoms with Gasteiger partial charge in [0.05, 0.1) is 7.11 Å². The van der Waals surface area contributed by atoms with Crippen molar-refractivity contribution in [2.75, 3.05) is 12.4 Å². The maximum absolute atomic E-state index is 12.5. The quantitative estimate of drug-likeness (QED) is 0.877. The number of benzene rings is 2. The van der Waals surface area contributed by atoms with Crippen molar-refractivity contribution in [2.24, 2.45) is 0 Å². The van der Waals surface area contributed by atoms with Crippen LogP contribution in [0.3, 0.4) is 0 Å². The summed E-state index contributed by atoms with van der Waals surface area (Å²) >= 11 is 0. The van der Waals surface area contributed by atoms with Gasteiger partial charge in [0.1, 0.15) is 0 Å². The van der Waals surface area contributed by atoms with Crippen molar-refractivity contribution in [2.45, 2.75) is 33.3 Å². The first-order valence-electron chi connectivity index (χ1n) is 7.75. The van der Waals surface area contributed by atoms with Gasteiger partial charge in [-0.1, -0.05) is 37.3 Å². The molecule has 0 aliphatic heterocycles. The molecule has 0 aliphatic carbocycles. The van der Waals surface area contributed by atoms with E-state index in [-0.39, 0.29) is 5.91 Å². The van der Waals surface area contributed by atoms with Crippen LogP contribution in [-0.4, -0.2) is 19.1 Å². The number of amides is 1. The maximum atomic E-state index is 12.5. The summed E-state index contributed by atoms with van der Waals surface area (Å²) in [6, 6.07) is 13.3. The van der Waals surface area contributed by atoms with Crippen LogP contribution < -0.4 is 14.8 Å². The minimum absolute atomic E-state index is 0.181. The Hall–Kier alpha value is -2.49. The lowest BCUT2D eigenvalue weighted by molar-refractivity contribution is -0.122. The number of ether oxygens (including phenoxy) is 2. The average molecular weight is 313 g/mol. The van der Waals surface area contributed by atoms with E-state index in [1.165, 1.54) is 0 Å². The molecule has 0 spiro atoms. The van der Waals surface area contributed by atoms with E-state index in [4.69, 9.17) is 9.47 Å². The molecular formula is C19H23NO3. The molecule has 0 aromatic heterocycles. The standard InChI is InChI=1S/C19H23NO3/c1-5-15-10-8-9-13(2)18(15)20-19(21)14(3)23-17-12-7-6-11-16(17)22-4/h6-12,14H,5H2,1-4H3,(H,20,21). The van der Waals surface area contributed by atoms with Crippen molar-refractivity contribution < 1.29 is 14.3 Å². The van der Waals surface area contributed by atoms with Crippen molar-refractivity contribution in [3.05, 3.63) is 53.6 Å². The number of rotatable bonds is 6. The molecule has 2 aromatic carbocycles. The molecule has 2 rings (SSSR count). The van der Waals surface area contributed by atoms with Gasteiger partial charge in [0.15, 0.2) is 17.6 Å². The molecule has 4 nitrogen and oxygen atoms in total. The number of carbonyl (C=O) groups excluding carboxylic acids is 1. The van der Waals surface area contributed by atoms with Crippen LogP contribution in [0.4, 0.5) is 5.69 Å². The summed E-state index contributed by atoms with van der Waals surface area (Å²) < 4.78 is 11.0. The Balaban J connectivity index is 2.12. The largest absolute Gasteiger partial charge is 0.493 e. The Morgan fingerprint density at radius 1 is 1.13 bits per heavy atom. The second-order valence-corrected chi connectivity index (χ2v) is 5.36. The SMILES string of the molecule is CCc1cccc(C)c1NC(=O)C(C)Oc1ccccc1OC. The Morgan fingerprint density at radius 2 is 1.83 bits per heavy atom. The third kappa shape index (κ3) is 4.03. The molecule has 1 unspecified atom stereocenters. The van der Waals surface area contributed by atoms with Crippen molar-refractivity contribution in [1.82, 2.24) is 0 Å². The van der Waals surface area contributed by atoms with Gasteiger partial charge in [-0.25, -0.2) is 0 Å². The molecule has 4 heteroatoms. The molecule has 1 N–H and O–H groups in total. The van der Waals surface area contributed by atoms with Crippen LogP contribution in [0.5, 0.6) is 11.5 Å². The third-order valence-electron chi connectivity index (χ3n) is 3.73. The molecule has 0 saturated heterocycles. The number of hydrogen-bond donors (Lipinski definition) is 1. The second kappa shape index (κ2) is 7.68.